The van der Waals surface area contributed by atoms with Crippen LogP contribution in [0, 0.1) is 0 Å². The van der Waals surface area contributed by atoms with Crippen molar-refractivity contribution in [3.05, 3.63) is 18.2 Å². The maximum Gasteiger partial charge on any atom is 0.247 e. The molecule has 0 saturated heterocycles. The van der Waals surface area contributed by atoms with Crippen LogP contribution >= 0.6 is 0 Å². The lowest BCUT2D eigenvalue weighted by molar-refractivity contribution is -0.117. The van der Waals surface area contributed by atoms with Gasteiger partial charge in [0.15, 0.2) is 0 Å². The monoisotopic (exact) mass is 248 g/mol. The first-order valence-corrected chi connectivity index (χ1v) is 6.59. The summed E-state index contributed by atoms with van der Waals surface area (Å²) in [7, 11) is 0. The Morgan fingerprint density at radius 1 is 1.28 bits per heavy atom. The third kappa shape index (κ3) is 2.58. The van der Waals surface area contributed by atoms with Crippen LogP contribution in [0.1, 0.15) is 33.1 Å². The third-order valence-electron chi connectivity index (χ3n) is 2.96. The fourth-order valence-electron chi connectivity index (χ4n) is 2.07. The lowest BCUT2D eigenvalue weighted by atomic mass is 10.1. The van der Waals surface area contributed by atoms with E-state index in [1.807, 2.05) is 18.2 Å². The summed E-state index contributed by atoms with van der Waals surface area (Å²) in [5.74, 6) is 0.766. The van der Waals surface area contributed by atoms with Gasteiger partial charge in [0, 0.05) is 0 Å². The van der Waals surface area contributed by atoms with Gasteiger partial charge in [-0.3, -0.25) is 4.79 Å². The molecule has 18 heavy (non-hydrogen) atoms. The molecule has 4 nitrogen and oxygen atoms in total. The normalized spacial score (nSPS) is 17.7. The zero-order chi connectivity index (χ0) is 13.0. The minimum atomic E-state index is -0.135. The maximum atomic E-state index is 11.9. The van der Waals surface area contributed by atoms with Crippen LogP contribution in [0.3, 0.4) is 0 Å². The number of nitrogens with one attached hydrogen (secondary N) is 2. The fourth-order valence-corrected chi connectivity index (χ4v) is 2.07. The standard InChI is InChI=1S/C14H20N2O2/c1-3-6-11-14(17)16-13-10(15-11)7-5-8-12(13)18-9-4-2/h5,7-8,11,15H,3-4,6,9H2,1-2H3,(H,16,17). The van der Waals surface area contributed by atoms with E-state index in [-0.39, 0.29) is 11.9 Å². The largest absolute Gasteiger partial charge is 0.491 e. The highest BCUT2D eigenvalue weighted by Gasteiger charge is 2.26. The van der Waals surface area contributed by atoms with Crippen molar-refractivity contribution in [2.45, 2.75) is 39.2 Å². The number of rotatable bonds is 5. The molecule has 98 valence electrons. The summed E-state index contributed by atoms with van der Waals surface area (Å²) in [5.41, 5.74) is 1.71. The molecule has 0 bridgehead atoms. The summed E-state index contributed by atoms with van der Waals surface area (Å²) in [6, 6.07) is 5.66. The SMILES string of the molecule is CCCOc1cccc2c1NC(=O)C(CCC)N2. The molecule has 2 rings (SSSR count). The van der Waals surface area contributed by atoms with Gasteiger partial charge in [-0.25, -0.2) is 0 Å². The molecule has 0 aliphatic carbocycles. The number of anilines is 2. The number of fused-ring (bicyclic) bond motifs is 1. The molecule has 1 amide bonds. The average molecular weight is 248 g/mol. The molecule has 0 aromatic heterocycles. The number of benzene rings is 1. The molecule has 1 aromatic rings. The van der Waals surface area contributed by atoms with E-state index in [1.165, 1.54) is 0 Å². The van der Waals surface area contributed by atoms with Gasteiger partial charge in [0.25, 0.3) is 0 Å². The number of hydrogen-bond acceptors (Lipinski definition) is 3. The van der Waals surface area contributed by atoms with Gasteiger partial charge in [-0.15, -0.1) is 0 Å². The first-order valence-electron chi connectivity index (χ1n) is 6.59. The average Bonchev–Trinajstić information content (AvgIpc) is 2.38. The topological polar surface area (TPSA) is 50.4 Å². The van der Waals surface area contributed by atoms with Gasteiger partial charge in [0.05, 0.1) is 12.3 Å². The Balaban J connectivity index is 2.21. The van der Waals surface area contributed by atoms with Gasteiger partial charge in [-0.05, 0) is 25.0 Å². The van der Waals surface area contributed by atoms with Crippen LogP contribution in [0.2, 0.25) is 0 Å². The molecule has 1 atom stereocenters. The molecule has 1 aliphatic heterocycles. The molecule has 0 spiro atoms. The van der Waals surface area contributed by atoms with E-state index in [0.717, 1.165) is 36.4 Å². The summed E-state index contributed by atoms with van der Waals surface area (Å²) in [5, 5.41) is 6.22. The van der Waals surface area contributed by atoms with E-state index in [4.69, 9.17) is 4.74 Å². The van der Waals surface area contributed by atoms with E-state index in [1.54, 1.807) is 0 Å². The summed E-state index contributed by atoms with van der Waals surface area (Å²) in [6.07, 6.45) is 2.77. The zero-order valence-corrected chi connectivity index (χ0v) is 11.0. The van der Waals surface area contributed by atoms with Crippen molar-refractivity contribution in [3.63, 3.8) is 0 Å². The summed E-state index contributed by atoms with van der Waals surface area (Å²) in [4.78, 5) is 11.9. The predicted molar refractivity (Wildman–Crippen MR) is 73.2 cm³/mol. The van der Waals surface area contributed by atoms with Gasteiger partial charge >= 0.3 is 0 Å². The molecule has 2 N–H and O–H groups in total. The molecule has 1 aromatic carbocycles. The molecular weight excluding hydrogens is 228 g/mol. The lowest BCUT2D eigenvalue weighted by Crippen LogP contribution is -2.38. The summed E-state index contributed by atoms with van der Waals surface area (Å²) < 4.78 is 5.64. The number of carbonyl (C=O) groups is 1. The number of ether oxygens (including phenoxy) is 1. The van der Waals surface area contributed by atoms with Gasteiger partial charge in [-0.1, -0.05) is 26.3 Å². The van der Waals surface area contributed by atoms with Crippen molar-refractivity contribution < 1.29 is 9.53 Å². The van der Waals surface area contributed by atoms with E-state index >= 15 is 0 Å². The molecule has 1 aliphatic rings. The van der Waals surface area contributed by atoms with Gasteiger partial charge in [-0.2, -0.15) is 0 Å². The quantitative estimate of drug-likeness (QED) is 0.842. The van der Waals surface area contributed by atoms with E-state index < -0.39 is 0 Å². The fraction of sp³-hybridized carbons (Fsp3) is 0.500. The first kappa shape index (κ1) is 12.7. The van der Waals surface area contributed by atoms with Crippen molar-refractivity contribution in [3.8, 4) is 5.75 Å². The smallest absolute Gasteiger partial charge is 0.247 e. The molecule has 1 heterocycles. The van der Waals surface area contributed by atoms with Crippen molar-refractivity contribution in [2.75, 3.05) is 17.2 Å². The van der Waals surface area contributed by atoms with Gasteiger partial charge in [0.1, 0.15) is 17.5 Å². The minimum Gasteiger partial charge on any atom is -0.491 e. The Kier molecular flexibility index (Phi) is 4.07. The van der Waals surface area contributed by atoms with Crippen LogP contribution in [-0.4, -0.2) is 18.6 Å². The van der Waals surface area contributed by atoms with Gasteiger partial charge in [0.2, 0.25) is 5.91 Å². The van der Waals surface area contributed by atoms with Crippen molar-refractivity contribution >= 4 is 17.3 Å². The molecule has 1 unspecified atom stereocenters. The zero-order valence-electron chi connectivity index (χ0n) is 11.0. The maximum absolute atomic E-state index is 11.9. The molecule has 0 radical (unpaired) electrons. The first-order chi connectivity index (χ1) is 8.76. The molecule has 0 saturated carbocycles. The van der Waals surface area contributed by atoms with Crippen molar-refractivity contribution in [1.29, 1.82) is 0 Å². The lowest BCUT2D eigenvalue weighted by Gasteiger charge is -2.28. The van der Waals surface area contributed by atoms with Crippen LogP contribution in [0.25, 0.3) is 0 Å². The second-order valence-electron chi connectivity index (χ2n) is 4.50. The van der Waals surface area contributed by atoms with E-state index in [9.17, 15) is 4.79 Å². The Bertz CT molecular complexity index is 432. The molecular formula is C14H20N2O2. The molecule has 4 heteroatoms. The third-order valence-corrected chi connectivity index (χ3v) is 2.96. The highest BCUT2D eigenvalue weighted by Crippen LogP contribution is 2.36. The van der Waals surface area contributed by atoms with Gasteiger partial charge < -0.3 is 15.4 Å². The number of carbonyl (C=O) groups excluding carboxylic acids is 1. The van der Waals surface area contributed by atoms with Crippen LogP contribution in [-0.2, 0) is 4.79 Å². The second kappa shape index (κ2) is 5.76. The van der Waals surface area contributed by atoms with Crippen molar-refractivity contribution in [2.24, 2.45) is 0 Å². The minimum absolute atomic E-state index is 0.0249. The Hall–Kier alpha value is -1.71. The van der Waals surface area contributed by atoms with Crippen LogP contribution in [0.5, 0.6) is 5.75 Å². The summed E-state index contributed by atoms with van der Waals surface area (Å²) >= 11 is 0. The van der Waals surface area contributed by atoms with Crippen LogP contribution < -0.4 is 15.4 Å². The Morgan fingerprint density at radius 2 is 2.11 bits per heavy atom. The summed E-state index contributed by atoms with van der Waals surface area (Å²) in [6.45, 7) is 4.79. The highest BCUT2D eigenvalue weighted by molar-refractivity contribution is 6.04. The van der Waals surface area contributed by atoms with E-state index in [2.05, 4.69) is 24.5 Å². The Labute approximate surface area is 108 Å². The van der Waals surface area contributed by atoms with Crippen molar-refractivity contribution in [1.82, 2.24) is 0 Å². The number of para-hydroxylation sites is 1. The second-order valence-corrected chi connectivity index (χ2v) is 4.50. The molecule has 0 fully saturated rings. The van der Waals surface area contributed by atoms with E-state index in [0.29, 0.717) is 6.61 Å². The van der Waals surface area contributed by atoms with Crippen LogP contribution in [0.4, 0.5) is 11.4 Å². The number of hydrogen-bond donors (Lipinski definition) is 2. The predicted octanol–water partition coefficient (Wildman–Crippen LogP) is 3.01. The van der Waals surface area contributed by atoms with Crippen LogP contribution in [0.15, 0.2) is 18.2 Å². The number of amides is 1. The highest BCUT2D eigenvalue weighted by atomic mass is 16.5. The Morgan fingerprint density at radius 3 is 2.83 bits per heavy atom.